The standard InChI is InChI=1S/C16H21NO/c1-5-12-17(4)16(18)15(13(3)6-2)14-10-8-7-9-11-14/h1,7-11,13,15H,6,12H2,2-4H3. The van der Waals surface area contributed by atoms with E-state index in [0.29, 0.717) is 12.5 Å². The highest BCUT2D eigenvalue weighted by molar-refractivity contribution is 5.84. The Kier molecular flexibility index (Phi) is 5.45. The van der Waals surface area contributed by atoms with Crippen LogP contribution < -0.4 is 0 Å². The lowest BCUT2D eigenvalue weighted by Gasteiger charge is -2.26. The van der Waals surface area contributed by atoms with Crippen molar-refractivity contribution < 1.29 is 4.79 Å². The van der Waals surface area contributed by atoms with Gasteiger partial charge >= 0.3 is 0 Å². The lowest BCUT2D eigenvalue weighted by molar-refractivity contribution is -0.132. The molecule has 1 aromatic rings. The third kappa shape index (κ3) is 3.37. The smallest absolute Gasteiger partial charge is 0.230 e. The van der Waals surface area contributed by atoms with E-state index in [1.807, 2.05) is 30.3 Å². The quantitative estimate of drug-likeness (QED) is 0.728. The average molecular weight is 243 g/mol. The van der Waals surface area contributed by atoms with Gasteiger partial charge in [0.1, 0.15) is 0 Å². The second kappa shape index (κ2) is 6.86. The minimum absolute atomic E-state index is 0.102. The molecule has 2 nitrogen and oxygen atoms in total. The zero-order chi connectivity index (χ0) is 13.5. The molecule has 1 rings (SSSR count). The number of hydrogen-bond donors (Lipinski definition) is 0. The highest BCUT2D eigenvalue weighted by atomic mass is 16.2. The first-order valence-corrected chi connectivity index (χ1v) is 6.35. The van der Waals surface area contributed by atoms with Crippen molar-refractivity contribution in [2.75, 3.05) is 13.6 Å². The Bertz CT molecular complexity index is 418. The molecule has 2 heteroatoms. The third-order valence-electron chi connectivity index (χ3n) is 3.34. The van der Waals surface area contributed by atoms with Gasteiger partial charge in [-0.15, -0.1) is 6.42 Å². The molecule has 0 radical (unpaired) electrons. The van der Waals surface area contributed by atoms with Crippen LogP contribution >= 0.6 is 0 Å². The van der Waals surface area contributed by atoms with Crippen LogP contribution in [-0.2, 0) is 4.79 Å². The fourth-order valence-electron chi connectivity index (χ4n) is 2.06. The van der Waals surface area contributed by atoms with Gasteiger partial charge < -0.3 is 4.90 Å². The fourth-order valence-corrected chi connectivity index (χ4v) is 2.06. The van der Waals surface area contributed by atoms with Gasteiger partial charge in [0.15, 0.2) is 0 Å². The van der Waals surface area contributed by atoms with Gasteiger partial charge in [0.25, 0.3) is 0 Å². The molecule has 0 aliphatic carbocycles. The predicted octanol–water partition coefficient (Wildman–Crippen LogP) is 2.91. The summed E-state index contributed by atoms with van der Waals surface area (Å²) in [5.74, 6) is 2.83. The molecule has 0 heterocycles. The summed E-state index contributed by atoms with van der Waals surface area (Å²) in [6.07, 6.45) is 6.24. The summed E-state index contributed by atoms with van der Waals surface area (Å²) in [5, 5.41) is 0. The highest BCUT2D eigenvalue weighted by Crippen LogP contribution is 2.28. The van der Waals surface area contributed by atoms with Gasteiger partial charge in [0.2, 0.25) is 5.91 Å². The summed E-state index contributed by atoms with van der Waals surface area (Å²) in [6.45, 7) is 4.58. The number of terminal acetylenes is 1. The molecule has 0 saturated carbocycles. The van der Waals surface area contributed by atoms with Gasteiger partial charge in [0, 0.05) is 7.05 Å². The first kappa shape index (κ1) is 14.3. The molecule has 0 aliphatic heterocycles. The van der Waals surface area contributed by atoms with E-state index < -0.39 is 0 Å². The van der Waals surface area contributed by atoms with Gasteiger partial charge in [0.05, 0.1) is 12.5 Å². The predicted molar refractivity (Wildman–Crippen MR) is 75.1 cm³/mol. The number of amides is 1. The maximum atomic E-state index is 12.5. The van der Waals surface area contributed by atoms with Crippen molar-refractivity contribution in [3.05, 3.63) is 35.9 Å². The second-order valence-electron chi connectivity index (χ2n) is 4.67. The summed E-state index contributed by atoms with van der Waals surface area (Å²) in [6, 6.07) is 9.93. The van der Waals surface area contributed by atoms with Crippen LogP contribution in [-0.4, -0.2) is 24.4 Å². The SMILES string of the molecule is C#CCN(C)C(=O)C(c1ccccc1)C(C)CC. The van der Waals surface area contributed by atoms with Crippen LogP contribution in [0.5, 0.6) is 0 Å². The van der Waals surface area contributed by atoms with Crippen LogP contribution in [0.4, 0.5) is 0 Å². The van der Waals surface area contributed by atoms with E-state index in [1.54, 1.807) is 11.9 Å². The molecule has 2 unspecified atom stereocenters. The van der Waals surface area contributed by atoms with Crippen LogP contribution in [0.2, 0.25) is 0 Å². The van der Waals surface area contributed by atoms with E-state index in [1.165, 1.54) is 0 Å². The first-order valence-electron chi connectivity index (χ1n) is 6.35. The molecular weight excluding hydrogens is 222 g/mol. The summed E-state index contributed by atoms with van der Waals surface area (Å²) in [5.41, 5.74) is 1.07. The molecule has 0 saturated heterocycles. The number of hydrogen-bond acceptors (Lipinski definition) is 1. The van der Waals surface area contributed by atoms with Gasteiger partial charge in [-0.3, -0.25) is 4.79 Å². The van der Waals surface area contributed by atoms with E-state index >= 15 is 0 Å². The largest absolute Gasteiger partial charge is 0.334 e. The molecule has 0 bridgehead atoms. The molecular formula is C16H21NO. The van der Waals surface area contributed by atoms with Crippen molar-refractivity contribution in [1.29, 1.82) is 0 Å². The number of nitrogens with zero attached hydrogens (tertiary/aromatic N) is 1. The zero-order valence-electron chi connectivity index (χ0n) is 11.4. The third-order valence-corrected chi connectivity index (χ3v) is 3.34. The van der Waals surface area contributed by atoms with Crippen LogP contribution in [0.3, 0.4) is 0 Å². The number of benzene rings is 1. The Morgan fingerprint density at radius 3 is 2.50 bits per heavy atom. The Hall–Kier alpha value is -1.75. The van der Waals surface area contributed by atoms with Crippen molar-refractivity contribution in [3.8, 4) is 12.3 Å². The second-order valence-corrected chi connectivity index (χ2v) is 4.67. The highest BCUT2D eigenvalue weighted by Gasteiger charge is 2.27. The lowest BCUT2D eigenvalue weighted by Crippen LogP contribution is -2.34. The van der Waals surface area contributed by atoms with E-state index in [9.17, 15) is 4.79 Å². The number of likely N-dealkylation sites (N-methyl/N-ethyl adjacent to an activating group) is 1. The first-order chi connectivity index (χ1) is 8.61. The van der Waals surface area contributed by atoms with E-state index in [0.717, 1.165) is 12.0 Å². The van der Waals surface area contributed by atoms with E-state index in [2.05, 4.69) is 19.8 Å². The molecule has 0 spiro atoms. The van der Waals surface area contributed by atoms with Crippen molar-refractivity contribution in [2.24, 2.45) is 5.92 Å². The van der Waals surface area contributed by atoms with E-state index in [-0.39, 0.29) is 11.8 Å². The monoisotopic (exact) mass is 243 g/mol. The van der Waals surface area contributed by atoms with Gasteiger partial charge in [-0.05, 0) is 11.5 Å². The Morgan fingerprint density at radius 2 is 2.00 bits per heavy atom. The maximum Gasteiger partial charge on any atom is 0.230 e. The van der Waals surface area contributed by atoms with Crippen LogP contribution in [0.25, 0.3) is 0 Å². The van der Waals surface area contributed by atoms with Crippen molar-refractivity contribution >= 4 is 5.91 Å². The van der Waals surface area contributed by atoms with Gasteiger partial charge in [-0.1, -0.05) is 56.5 Å². The molecule has 0 aliphatic rings. The Morgan fingerprint density at radius 1 is 1.39 bits per heavy atom. The maximum absolute atomic E-state index is 12.5. The normalized spacial score (nSPS) is 13.4. The molecule has 0 fully saturated rings. The molecule has 1 aromatic carbocycles. The average Bonchev–Trinajstić information content (AvgIpc) is 2.40. The summed E-state index contributed by atoms with van der Waals surface area (Å²) in [7, 11) is 1.76. The Balaban J connectivity index is 3.00. The number of rotatable bonds is 5. The van der Waals surface area contributed by atoms with Crippen LogP contribution in [0.15, 0.2) is 30.3 Å². The molecule has 18 heavy (non-hydrogen) atoms. The number of carbonyl (C=O) groups is 1. The Labute approximate surface area is 110 Å². The fraction of sp³-hybridized carbons (Fsp3) is 0.438. The topological polar surface area (TPSA) is 20.3 Å². The zero-order valence-corrected chi connectivity index (χ0v) is 11.4. The van der Waals surface area contributed by atoms with E-state index in [4.69, 9.17) is 6.42 Å². The van der Waals surface area contributed by atoms with Gasteiger partial charge in [-0.25, -0.2) is 0 Å². The minimum atomic E-state index is -0.102. The van der Waals surface area contributed by atoms with Gasteiger partial charge in [-0.2, -0.15) is 0 Å². The molecule has 0 aromatic heterocycles. The summed E-state index contributed by atoms with van der Waals surface area (Å²) < 4.78 is 0. The molecule has 2 atom stereocenters. The van der Waals surface area contributed by atoms with Crippen LogP contribution in [0, 0.1) is 18.3 Å². The molecule has 0 N–H and O–H groups in total. The summed E-state index contributed by atoms with van der Waals surface area (Å²) >= 11 is 0. The van der Waals surface area contributed by atoms with Crippen molar-refractivity contribution in [1.82, 2.24) is 4.90 Å². The minimum Gasteiger partial charge on any atom is -0.334 e. The lowest BCUT2D eigenvalue weighted by atomic mass is 9.84. The van der Waals surface area contributed by atoms with Crippen LogP contribution in [0.1, 0.15) is 31.7 Å². The summed E-state index contributed by atoms with van der Waals surface area (Å²) in [4.78, 5) is 14.1. The van der Waals surface area contributed by atoms with Crippen molar-refractivity contribution in [3.63, 3.8) is 0 Å². The van der Waals surface area contributed by atoms with Crippen molar-refractivity contribution in [2.45, 2.75) is 26.2 Å². The number of carbonyl (C=O) groups excluding carboxylic acids is 1. The molecule has 96 valence electrons. The molecule has 1 amide bonds.